The van der Waals surface area contributed by atoms with Crippen LogP contribution in [0.4, 0.5) is 25.0 Å². The quantitative estimate of drug-likeness (QED) is 0.266. The first kappa shape index (κ1) is 23.8. The number of aliphatic imine (C=N–C) groups is 1. The number of rotatable bonds is 6. The van der Waals surface area contributed by atoms with Crippen molar-refractivity contribution in [3.05, 3.63) is 40.6 Å². The maximum absolute atomic E-state index is 14.1. The van der Waals surface area contributed by atoms with Crippen LogP contribution in [0.1, 0.15) is 12.8 Å². The number of urea groups is 1. The Morgan fingerprint density at radius 1 is 1.28 bits per heavy atom. The lowest BCUT2D eigenvalue weighted by molar-refractivity contribution is -0.118. The van der Waals surface area contributed by atoms with E-state index in [2.05, 4.69) is 31.3 Å². The first-order valence-corrected chi connectivity index (χ1v) is 10.5. The van der Waals surface area contributed by atoms with Gasteiger partial charge >= 0.3 is 6.03 Å². The highest BCUT2D eigenvalue weighted by Crippen LogP contribution is 2.24. The van der Waals surface area contributed by atoms with Gasteiger partial charge in [-0.15, -0.1) is 0 Å². The SMILES string of the molecule is O=C(C(=Nc1ccc(F)c(Br)c1)NO)C1CCN(C(=O)Nc2cnn(CCO)c2F)CC1. The van der Waals surface area contributed by atoms with Gasteiger partial charge in [-0.05, 0) is 47.0 Å². The Morgan fingerprint density at radius 2 is 2.00 bits per heavy atom. The molecule has 32 heavy (non-hydrogen) atoms. The molecule has 10 nitrogen and oxygen atoms in total. The van der Waals surface area contributed by atoms with Crippen LogP contribution in [0.5, 0.6) is 0 Å². The van der Waals surface area contributed by atoms with Crippen LogP contribution in [0.3, 0.4) is 0 Å². The van der Waals surface area contributed by atoms with E-state index in [4.69, 9.17) is 5.11 Å². The highest BCUT2D eigenvalue weighted by molar-refractivity contribution is 9.10. The van der Waals surface area contributed by atoms with Crippen molar-refractivity contribution in [1.29, 1.82) is 0 Å². The number of likely N-dealkylation sites (tertiary alicyclic amines) is 1. The zero-order valence-corrected chi connectivity index (χ0v) is 18.3. The molecule has 2 aromatic rings. The van der Waals surface area contributed by atoms with E-state index >= 15 is 0 Å². The van der Waals surface area contributed by atoms with Gasteiger partial charge in [-0.1, -0.05) is 0 Å². The smallest absolute Gasteiger partial charge is 0.322 e. The average molecular weight is 515 g/mol. The van der Waals surface area contributed by atoms with Crippen LogP contribution in [0.15, 0.2) is 33.9 Å². The number of amides is 2. The van der Waals surface area contributed by atoms with E-state index in [0.29, 0.717) is 12.8 Å². The van der Waals surface area contributed by atoms with Crippen LogP contribution >= 0.6 is 15.9 Å². The molecule has 1 aromatic carbocycles. The lowest BCUT2D eigenvalue weighted by Gasteiger charge is -2.31. The number of aromatic nitrogens is 2. The molecule has 0 saturated carbocycles. The van der Waals surface area contributed by atoms with Crippen LogP contribution < -0.4 is 10.8 Å². The number of amidine groups is 1. The van der Waals surface area contributed by atoms with Crippen molar-refractivity contribution in [3.63, 3.8) is 0 Å². The highest BCUT2D eigenvalue weighted by Gasteiger charge is 2.30. The summed E-state index contributed by atoms with van der Waals surface area (Å²) in [5.74, 6) is -2.47. The molecule has 1 saturated heterocycles. The van der Waals surface area contributed by atoms with E-state index in [-0.39, 0.29) is 47.9 Å². The first-order chi connectivity index (χ1) is 15.3. The van der Waals surface area contributed by atoms with Crippen molar-refractivity contribution in [2.45, 2.75) is 19.4 Å². The second-order valence-corrected chi connectivity index (χ2v) is 7.88. The molecule has 172 valence electrons. The molecule has 0 spiro atoms. The van der Waals surface area contributed by atoms with E-state index in [0.717, 1.165) is 10.9 Å². The fourth-order valence-corrected chi connectivity index (χ4v) is 3.62. The Balaban J connectivity index is 1.59. The largest absolute Gasteiger partial charge is 0.394 e. The molecule has 1 aliphatic heterocycles. The number of Topliss-reactive ketones (excluding diaryl/α,β-unsaturated/α-hetero) is 1. The fraction of sp³-hybridized carbons (Fsp3) is 0.368. The number of hydroxylamine groups is 1. The van der Waals surface area contributed by atoms with Gasteiger partial charge in [-0.25, -0.2) is 24.3 Å². The van der Waals surface area contributed by atoms with Crippen LogP contribution in [0.2, 0.25) is 0 Å². The van der Waals surface area contributed by atoms with Gasteiger partial charge in [-0.2, -0.15) is 9.49 Å². The number of ketones is 1. The van der Waals surface area contributed by atoms with E-state index < -0.39 is 29.5 Å². The zero-order valence-electron chi connectivity index (χ0n) is 16.8. The van der Waals surface area contributed by atoms with E-state index in [1.165, 1.54) is 23.1 Å². The lowest BCUT2D eigenvalue weighted by Crippen LogP contribution is -2.44. The molecule has 1 fully saturated rings. The molecule has 2 amide bonds. The van der Waals surface area contributed by atoms with Gasteiger partial charge in [0.15, 0.2) is 5.84 Å². The van der Waals surface area contributed by atoms with E-state index in [1.54, 1.807) is 5.48 Å². The Hall–Kier alpha value is -2.90. The van der Waals surface area contributed by atoms with Crippen molar-refractivity contribution in [2.75, 3.05) is 25.0 Å². The van der Waals surface area contributed by atoms with Crippen LogP contribution in [-0.4, -0.2) is 62.3 Å². The van der Waals surface area contributed by atoms with E-state index in [1.807, 2.05) is 0 Å². The summed E-state index contributed by atoms with van der Waals surface area (Å²) in [5.41, 5.74) is 1.96. The minimum Gasteiger partial charge on any atom is -0.394 e. The van der Waals surface area contributed by atoms with Crippen molar-refractivity contribution < 1.29 is 28.7 Å². The molecule has 13 heteroatoms. The van der Waals surface area contributed by atoms with Crippen LogP contribution in [-0.2, 0) is 11.3 Å². The van der Waals surface area contributed by atoms with Crippen LogP contribution in [0.25, 0.3) is 0 Å². The lowest BCUT2D eigenvalue weighted by atomic mass is 9.92. The zero-order chi connectivity index (χ0) is 23.3. The minimum atomic E-state index is -0.764. The predicted octanol–water partition coefficient (Wildman–Crippen LogP) is 2.44. The molecule has 0 aliphatic carbocycles. The fourth-order valence-electron chi connectivity index (χ4n) is 3.26. The molecule has 0 unspecified atom stereocenters. The molecular formula is C19H21BrF2N6O4. The normalized spacial score (nSPS) is 15.0. The summed E-state index contributed by atoms with van der Waals surface area (Å²) in [7, 11) is 0. The monoisotopic (exact) mass is 514 g/mol. The van der Waals surface area contributed by atoms with Crippen molar-refractivity contribution in [1.82, 2.24) is 20.2 Å². The van der Waals surface area contributed by atoms with E-state index in [9.17, 15) is 23.6 Å². The Bertz CT molecular complexity index is 1020. The van der Waals surface area contributed by atoms with Gasteiger partial charge in [0.25, 0.3) is 0 Å². The maximum atomic E-state index is 14.1. The number of benzene rings is 1. The molecule has 4 N–H and O–H groups in total. The molecule has 0 radical (unpaired) electrons. The summed E-state index contributed by atoms with van der Waals surface area (Å²) in [4.78, 5) is 30.6. The molecule has 2 heterocycles. The number of nitrogens with one attached hydrogen (secondary N) is 2. The standard InChI is InChI=1S/C19H21BrF2N6O4/c20-13-9-12(1-2-14(13)21)24-18(26-32)16(30)11-3-5-27(6-4-11)19(31)25-15-10-23-28(7-8-29)17(15)22/h1-2,9-11,29,32H,3-8H2,(H,24,26)(H,25,31). The Kier molecular flexibility index (Phi) is 7.88. The number of carbonyl (C=O) groups is 2. The number of anilines is 1. The van der Waals surface area contributed by atoms with Crippen molar-refractivity contribution in [2.24, 2.45) is 10.9 Å². The molecule has 0 atom stereocenters. The summed E-state index contributed by atoms with van der Waals surface area (Å²) in [6, 6.07) is 3.37. The third kappa shape index (κ3) is 5.47. The minimum absolute atomic E-state index is 0.0349. The van der Waals surface area contributed by atoms with Crippen molar-refractivity contribution >= 4 is 45.0 Å². The number of hydrogen-bond acceptors (Lipinski definition) is 6. The van der Waals surface area contributed by atoms with Gasteiger partial charge in [0.1, 0.15) is 11.5 Å². The van der Waals surface area contributed by atoms with Crippen LogP contribution in [0, 0.1) is 17.7 Å². The molecule has 1 aromatic heterocycles. The van der Waals surface area contributed by atoms with Gasteiger partial charge in [0.2, 0.25) is 11.7 Å². The average Bonchev–Trinajstić information content (AvgIpc) is 3.13. The number of aliphatic hydroxyl groups is 1. The third-order valence-corrected chi connectivity index (χ3v) is 5.57. The molecule has 0 bridgehead atoms. The number of nitrogens with zero attached hydrogens (tertiary/aromatic N) is 4. The number of halogens is 3. The highest BCUT2D eigenvalue weighted by atomic mass is 79.9. The Labute approximate surface area is 190 Å². The number of hydrogen-bond donors (Lipinski definition) is 4. The molecule has 1 aliphatic rings. The van der Waals surface area contributed by atoms with Gasteiger partial charge < -0.3 is 15.3 Å². The maximum Gasteiger partial charge on any atom is 0.322 e. The van der Waals surface area contributed by atoms with Gasteiger partial charge in [0, 0.05) is 19.0 Å². The number of carbonyl (C=O) groups excluding carboxylic acids is 2. The first-order valence-electron chi connectivity index (χ1n) is 9.70. The summed E-state index contributed by atoms with van der Waals surface area (Å²) in [5, 5.41) is 24.4. The summed E-state index contributed by atoms with van der Waals surface area (Å²) in [6.45, 7) is 0.137. The predicted molar refractivity (Wildman–Crippen MR) is 114 cm³/mol. The summed E-state index contributed by atoms with van der Waals surface area (Å²) in [6.07, 6.45) is 1.78. The second-order valence-electron chi connectivity index (χ2n) is 7.02. The second kappa shape index (κ2) is 10.6. The Morgan fingerprint density at radius 3 is 2.62 bits per heavy atom. The number of aliphatic hydroxyl groups excluding tert-OH is 1. The molecule has 3 rings (SSSR count). The summed E-state index contributed by atoms with van der Waals surface area (Å²) >= 11 is 3.03. The molecular weight excluding hydrogens is 494 g/mol. The van der Waals surface area contributed by atoms with Crippen molar-refractivity contribution in [3.8, 4) is 0 Å². The summed E-state index contributed by atoms with van der Waals surface area (Å²) < 4.78 is 28.6. The van der Waals surface area contributed by atoms with Gasteiger partial charge in [-0.3, -0.25) is 10.0 Å². The topological polar surface area (TPSA) is 132 Å². The number of piperidine rings is 1. The third-order valence-electron chi connectivity index (χ3n) is 4.96. The van der Waals surface area contributed by atoms with Gasteiger partial charge in [0.05, 0.1) is 29.5 Å².